The Morgan fingerprint density at radius 2 is 1.71 bits per heavy atom. The van der Waals surface area contributed by atoms with Gasteiger partial charge in [-0.1, -0.05) is 36.4 Å². The molecule has 0 aliphatic heterocycles. The van der Waals surface area contributed by atoms with Crippen LogP contribution in [0.4, 0.5) is 8.78 Å². The number of alkyl halides is 1. The molecule has 0 saturated carbocycles. The van der Waals surface area contributed by atoms with Crippen LogP contribution in [0.1, 0.15) is 16.5 Å². The summed E-state index contributed by atoms with van der Waals surface area (Å²) < 4.78 is 26.2. The van der Waals surface area contributed by atoms with Gasteiger partial charge in [-0.05, 0) is 18.1 Å². The summed E-state index contributed by atoms with van der Waals surface area (Å²) in [6.07, 6.45) is 0.519. The van der Waals surface area contributed by atoms with Gasteiger partial charge >= 0.3 is 0 Å². The molecule has 3 heteroatoms. The molecule has 17 heavy (non-hydrogen) atoms. The van der Waals surface area contributed by atoms with Crippen molar-refractivity contribution >= 4 is 11.6 Å². The fourth-order valence-electron chi connectivity index (χ4n) is 1.69. The Morgan fingerprint density at radius 3 is 2.35 bits per heavy atom. The van der Waals surface area contributed by atoms with Crippen molar-refractivity contribution in [3.63, 3.8) is 0 Å². The monoisotopic (exact) mass is 252 g/mol. The summed E-state index contributed by atoms with van der Waals surface area (Å²) in [5.41, 5.74) is 1.35. The summed E-state index contributed by atoms with van der Waals surface area (Å²) in [5, 5.41) is -0.488. The highest BCUT2D eigenvalue weighted by Crippen LogP contribution is 2.27. The second-order valence-electron chi connectivity index (χ2n) is 3.82. The zero-order valence-electron chi connectivity index (χ0n) is 9.04. The fraction of sp³-hybridized carbons (Fsp3) is 0.143. The lowest BCUT2D eigenvalue weighted by Gasteiger charge is -2.11. The Kier molecular flexibility index (Phi) is 3.75. The highest BCUT2D eigenvalue weighted by molar-refractivity contribution is 6.20. The molecule has 0 nitrogen and oxygen atoms in total. The van der Waals surface area contributed by atoms with E-state index < -0.39 is 17.0 Å². The average Bonchev–Trinajstić information content (AvgIpc) is 2.30. The van der Waals surface area contributed by atoms with Crippen LogP contribution in [0.3, 0.4) is 0 Å². The summed E-state index contributed by atoms with van der Waals surface area (Å²) in [6.45, 7) is 0. The Morgan fingerprint density at radius 1 is 1.00 bits per heavy atom. The number of hydrogen-bond acceptors (Lipinski definition) is 0. The van der Waals surface area contributed by atoms with Gasteiger partial charge in [0, 0.05) is 11.6 Å². The van der Waals surface area contributed by atoms with E-state index >= 15 is 0 Å². The smallest absolute Gasteiger partial charge is 0.130 e. The maximum absolute atomic E-state index is 13.5. The van der Waals surface area contributed by atoms with Crippen LogP contribution in [0.25, 0.3) is 0 Å². The summed E-state index contributed by atoms with van der Waals surface area (Å²) in [5.74, 6) is -1.18. The SMILES string of the molecule is Fc1ccc(C(Cl)Cc2ccccc2)c(F)c1. The summed E-state index contributed by atoms with van der Waals surface area (Å²) in [4.78, 5) is 0. The molecular formula is C14H11ClF2. The maximum atomic E-state index is 13.5. The lowest BCUT2D eigenvalue weighted by molar-refractivity contribution is 0.570. The van der Waals surface area contributed by atoms with Crippen molar-refractivity contribution in [1.29, 1.82) is 0 Å². The molecule has 2 aromatic rings. The fourth-order valence-corrected chi connectivity index (χ4v) is 2.04. The first-order chi connectivity index (χ1) is 8.16. The highest BCUT2D eigenvalue weighted by Gasteiger charge is 2.14. The van der Waals surface area contributed by atoms with E-state index in [9.17, 15) is 8.78 Å². The van der Waals surface area contributed by atoms with Crippen molar-refractivity contribution in [2.45, 2.75) is 11.8 Å². The van der Waals surface area contributed by atoms with Crippen LogP contribution in [-0.4, -0.2) is 0 Å². The molecule has 0 aliphatic rings. The summed E-state index contributed by atoms with van der Waals surface area (Å²) >= 11 is 6.14. The van der Waals surface area contributed by atoms with Crippen LogP contribution < -0.4 is 0 Å². The van der Waals surface area contributed by atoms with Gasteiger partial charge < -0.3 is 0 Å². The standard InChI is InChI=1S/C14H11ClF2/c15-13(8-10-4-2-1-3-5-10)12-7-6-11(16)9-14(12)17/h1-7,9,13H,8H2. The van der Waals surface area contributed by atoms with Crippen molar-refractivity contribution in [2.24, 2.45) is 0 Å². The predicted molar refractivity (Wildman–Crippen MR) is 65.1 cm³/mol. The first kappa shape index (κ1) is 12.1. The van der Waals surface area contributed by atoms with Gasteiger partial charge in [-0.2, -0.15) is 0 Å². The van der Waals surface area contributed by atoms with Gasteiger partial charge in [0.25, 0.3) is 0 Å². The molecule has 0 aliphatic carbocycles. The first-order valence-corrected chi connectivity index (χ1v) is 5.73. The minimum absolute atomic E-state index is 0.330. The second kappa shape index (κ2) is 5.28. The van der Waals surface area contributed by atoms with E-state index in [2.05, 4.69) is 0 Å². The molecule has 1 unspecified atom stereocenters. The second-order valence-corrected chi connectivity index (χ2v) is 4.35. The van der Waals surface area contributed by atoms with E-state index in [4.69, 9.17) is 11.6 Å². The van der Waals surface area contributed by atoms with E-state index in [0.717, 1.165) is 11.6 Å². The third kappa shape index (κ3) is 3.04. The van der Waals surface area contributed by atoms with Crippen LogP contribution in [0, 0.1) is 11.6 Å². The zero-order valence-corrected chi connectivity index (χ0v) is 9.79. The van der Waals surface area contributed by atoms with Gasteiger partial charge in [0.05, 0.1) is 5.38 Å². The molecular weight excluding hydrogens is 242 g/mol. The Bertz CT molecular complexity index is 497. The van der Waals surface area contributed by atoms with Crippen LogP contribution in [0.5, 0.6) is 0 Å². The van der Waals surface area contributed by atoms with Crippen LogP contribution in [-0.2, 0) is 6.42 Å². The summed E-state index contributed by atoms with van der Waals surface area (Å²) in [6, 6.07) is 13.0. The van der Waals surface area contributed by atoms with Crippen molar-refractivity contribution < 1.29 is 8.78 Å². The molecule has 0 saturated heterocycles. The molecule has 0 amide bonds. The largest absolute Gasteiger partial charge is 0.207 e. The van der Waals surface area contributed by atoms with Crippen molar-refractivity contribution in [2.75, 3.05) is 0 Å². The van der Waals surface area contributed by atoms with Gasteiger partial charge in [-0.3, -0.25) is 0 Å². The lowest BCUT2D eigenvalue weighted by atomic mass is 10.0. The van der Waals surface area contributed by atoms with E-state index in [0.29, 0.717) is 12.0 Å². The molecule has 1 atom stereocenters. The Labute approximate surface area is 104 Å². The number of benzene rings is 2. The quantitative estimate of drug-likeness (QED) is 0.706. The predicted octanol–water partition coefficient (Wildman–Crippen LogP) is 4.49. The van der Waals surface area contributed by atoms with Gasteiger partial charge in [0.15, 0.2) is 0 Å². The van der Waals surface area contributed by atoms with Crippen LogP contribution in [0.15, 0.2) is 48.5 Å². The van der Waals surface area contributed by atoms with E-state index in [1.807, 2.05) is 30.3 Å². The number of hydrogen-bond donors (Lipinski definition) is 0. The molecule has 0 radical (unpaired) electrons. The third-order valence-electron chi connectivity index (χ3n) is 2.56. The average molecular weight is 253 g/mol. The van der Waals surface area contributed by atoms with E-state index in [1.54, 1.807) is 0 Å². The van der Waals surface area contributed by atoms with Crippen molar-refractivity contribution in [1.82, 2.24) is 0 Å². The number of halogens is 3. The van der Waals surface area contributed by atoms with Crippen LogP contribution >= 0.6 is 11.6 Å². The minimum Gasteiger partial charge on any atom is -0.207 e. The van der Waals surface area contributed by atoms with E-state index in [1.165, 1.54) is 12.1 Å². The zero-order chi connectivity index (χ0) is 12.3. The molecule has 88 valence electrons. The van der Waals surface area contributed by atoms with E-state index in [-0.39, 0.29) is 0 Å². The Balaban J connectivity index is 2.17. The topological polar surface area (TPSA) is 0 Å². The van der Waals surface area contributed by atoms with Crippen molar-refractivity contribution in [3.8, 4) is 0 Å². The molecule has 2 rings (SSSR count). The van der Waals surface area contributed by atoms with Crippen LogP contribution in [0.2, 0.25) is 0 Å². The normalized spacial score (nSPS) is 12.4. The van der Waals surface area contributed by atoms with Gasteiger partial charge in [0.1, 0.15) is 11.6 Å². The minimum atomic E-state index is -0.596. The molecule has 0 fully saturated rings. The maximum Gasteiger partial charge on any atom is 0.130 e. The molecule has 0 bridgehead atoms. The molecule has 0 N–H and O–H groups in total. The lowest BCUT2D eigenvalue weighted by Crippen LogP contribution is -1.99. The van der Waals surface area contributed by atoms with Gasteiger partial charge in [-0.25, -0.2) is 8.78 Å². The van der Waals surface area contributed by atoms with Crippen molar-refractivity contribution in [3.05, 3.63) is 71.3 Å². The first-order valence-electron chi connectivity index (χ1n) is 5.30. The third-order valence-corrected chi connectivity index (χ3v) is 2.95. The highest BCUT2D eigenvalue weighted by atomic mass is 35.5. The molecule has 0 spiro atoms. The summed E-state index contributed by atoms with van der Waals surface area (Å²) in [7, 11) is 0. The molecule has 2 aromatic carbocycles. The molecule has 0 aromatic heterocycles. The Hall–Kier alpha value is -1.41. The van der Waals surface area contributed by atoms with Gasteiger partial charge in [-0.15, -0.1) is 11.6 Å². The number of rotatable bonds is 3. The van der Waals surface area contributed by atoms with Gasteiger partial charge in [0.2, 0.25) is 0 Å². The molecule has 0 heterocycles.